The minimum absolute atomic E-state index is 0.188. The highest BCUT2D eigenvalue weighted by Gasteiger charge is 2.17. The molecule has 0 atom stereocenters. The lowest BCUT2D eigenvalue weighted by Crippen LogP contribution is -1.95. The van der Waals surface area contributed by atoms with E-state index in [2.05, 4.69) is 0 Å². The first-order valence-electron chi connectivity index (χ1n) is 15.8. The Balaban J connectivity index is -0.0000000160. The Labute approximate surface area is 282 Å². The number of aliphatic hydroxyl groups is 1. The summed E-state index contributed by atoms with van der Waals surface area (Å²) in [5, 5.41) is 7.00. The van der Waals surface area contributed by atoms with Crippen LogP contribution in [0.4, 0.5) is 65.9 Å². The Kier molecular flexibility index (Phi) is 228. The van der Waals surface area contributed by atoms with Gasteiger partial charge in [0.05, 0.1) is 0 Å². The second-order valence-electron chi connectivity index (χ2n) is 3.91. The molecular weight excluding hydrogens is 673 g/mol. The van der Waals surface area contributed by atoms with Crippen LogP contribution in [0.25, 0.3) is 0 Å². The van der Waals surface area contributed by atoms with E-state index >= 15 is 0 Å². The lowest BCUT2D eigenvalue weighted by molar-refractivity contribution is -0.111. The zero-order valence-electron chi connectivity index (χ0n) is 34.6. The molecule has 0 rings (SSSR count). The zero-order valence-corrected chi connectivity index (χ0v) is 34.6. The fraction of sp³-hybridized carbons (Fsp3) is 1.00. The average Bonchev–Trinajstić information content (AvgIpc) is 2.96. The molecule has 16 heteroatoms. The molecule has 0 aromatic heterocycles. The van der Waals surface area contributed by atoms with Crippen molar-refractivity contribution >= 4 is 0 Å². The van der Waals surface area contributed by atoms with Crippen molar-refractivity contribution in [3.8, 4) is 0 Å². The van der Waals surface area contributed by atoms with Crippen LogP contribution < -0.4 is 0 Å². The topological polar surface area (TPSA) is 20.2 Å². The van der Waals surface area contributed by atoms with Gasteiger partial charge < -0.3 is 5.11 Å². The van der Waals surface area contributed by atoms with Crippen molar-refractivity contribution in [2.45, 2.75) is 204 Å². The molecule has 47 heavy (non-hydrogen) atoms. The molecule has 314 valence electrons. The predicted molar refractivity (Wildman–Crippen MR) is 180 cm³/mol. The van der Waals surface area contributed by atoms with E-state index < -0.39 is 30.9 Å². The van der Waals surface area contributed by atoms with Crippen LogP contribution in [0.15, 0.2) is 0 Å². The van der Waals surface area contributed by atoms with Crippen LogP contribution in [0.1, 0.15) is 173 Å². The van der Waals surface area contributed by atoms with Gasteiger partial charge in [0.2, 0.25) is 0 Å². The summed E-state index contributed by atoms with van der Waals surface area (Å²) in [6.45, 7) is 40.9. The van der Waals surface area contributed by atoms with Crippen molar-refractivity contribution < 1.29 is 71.0 Å². The van der Waals surface area contributed by atoms with E-state index in [-0.39, 0.29) is 34.6 Å². The maximum Gasteiger partial charge on any atom is 0.386 e. The second-order valence-corrected chi connectivity index (χ2v) is 3.91. The van der Waals surface area contributed by atoms with Crippen molar-refractivity contribution in [1.82, 2.24) is 0 Å². The maximum absolute atomic E-state index is 10.4. The minimum atomic E-state index is -4.00. The first-order chi connectivity index (χ1) is 21.0. The zero-order chi connectivity index (χ0) is 44.5. The van der Waals surface area contributed by atoms with Gasteiger partial charge >= 0.3 is 30.9 Å². The van der Waals surface area contributed by atoms with E-state index in [1.54, 1.807) is 0 Å². The Bertz CT molecular complexity index is 196. The Morgan fingerprint density at radius 2 is 0.191 bits per heavy atom. The van der Waals surface area contributed by atoms with Crippen LogP contribution in [0.5, 0.6) is 0 Å². The second kappa shape index (κ2) is 104. The summed E-state index contributed by atoms with van der Waals surface area (Å²) >= 11 is 0. The smallest absolute Gasteiger partial charge is 0.386 e. The fourth-order valence-corrected chi connectivity index (χ4v) is 0. The van der Waals surface area contributed by atoms with Gasteiger partial charge in [-0.05, 0) is 0 Å². The molecule has 0 saturated heterocycles. The largest absolute Gasteiger partial charge is 0.400 e. The molecule has 0 unspecified atom stereocenters. The van der Waals surface area contributed by atoms with Gasteiger partial charge in [-0.2, -0.15) is 65.9 Å². The third kappa shape index (κ3) is 69600. The molecule has 0 aromatic rings. The Morgan fingerprint density at radius 1 is 0.191 bits per heavy atom. The predicted octanol–water partition coefficient (Wildman–Crippen LogP) is 17.7. The third-order valence-corrected chi connectivity index (χ3v) is 0. The lowest BCUT2D eigenvalue weighted by Gasteiger charge is -1.88. The highest BCUT2D eigenvalue weighted by atomic mass is 19.4. The van der Waals surface area contributed by atoms with Crippen molar-refractivity contribution in [3.05, 3.63) is 0 Å². The Hall–Kier alpha value is -1.09. The van der Waals surface area contributed by atoms with Gasteiger partial charge in [-0.1, -0.05) is 138 Å². The highest BCUT2D eigenvalue weighted by Crippen LogP contribution is 2.12. The van der Waals surface area contributed by atoms with E-state index in [0.717, 1.165) is 7.11 Å². The number of aliphatic hydroxyl groups excluding tert-OH is 1. The monoisotopic (exact) mass is 753 g/mol. The lowest BCUT2D eigenvalue weighted by atomic mass is 10.8. The number of rotatable bonds is 0. The maximum atomic E-state index is 10.4. The van der Waals surface area contributed by atoms with Gasteiger partial charge in [0, 0.05) is 41.7 Å². The van der Waals surface area contributed by atoms with Crippen molar-refractivity contribution in [3.63, 3.8) is 0 Å². The van der Waals surface area contributed by atoms with Crippen molar-refractivity contribution in [2.75, 3.05) is 7.11 Å². The molecule has 0 aliphatic rings. The van der Waals surface area contributed by atoms with Gasteiger partial charge in [-0.15, -0.1) is 0 Å². The summed E-state index contributed by atoms with van der Waals surface area (Å²) < 4.78 is 155. The Morgan fingerprint density at radius 3 is 0.191 bits per heavy atom. The highest BCUT2D eigenvalue weighted by molar-refractivity contribution is 4.27. The first kappa shape index (κ1) is 104. The molecule has 0 saturated carbocycles. The number of halogens is 15. The van der Waals surface area contributed by atoms with Crippen LogP contribution in [0.3, 0.4) is 0 Å². The van der Waals surface area contributed by atoms with Gasteiger partial charge in [0.1, 0.15) is 0 Å². The molecule has 0 aliphatic carbocycles. The molecule has 0 bridgehead atoms. The standard InChI is InChI=1S/5C2H3F3.10C2H6.CH4O/c5*1-2(3,4)5;11*1-2/h5*1H3;10*1-2H3;2H,1H3. The molecule has 0 aromatic carbocycles. The third-order valence-electron chi connectivity index (χ3n) is 0. The molecule has 0 aliphatic heterocycles. The molecule has 0 fully saturated rings. The van der Waals surface area contributed by atoms with Crippen LogP contribution in [-0.4, -0.2) is 43.1 Å². The summed E-state index contributed by atoms with van der Waals surface area (Å²) in [6.07, 6.45) is -20.0. The van der Waals surface area contributed by atoms with Gasteiger partial charge in [0.25, 0.3) is 0 Å². The number of hydrogen-bond donors (Lipinski definition) is 1. The fourth-order valence-electron chi connectivity index (χ4n) is 0. The quantitative estimate of drug-likeness (QED) is 0.244. The van der Waals surface area contributed by atoms with Gasteiger partial charge in [-0.25, -0.2) is 0 Å². The molecule has 0 amide bonds. The number of hydrogen-bond acceptors (Lipinski definition) is 1. The summed E-state index contributed by atoms with van der Waals surface area (Å²) in [6, 6.07) is 0. The minimum Gasteiger partial charge on any atom is -0.400 e. The van der Waals surface area contributed by atoms with E-state index in [4.69, 9.17) is 5.11 Å². The molecule has 1 N–H and O–H groups in total. The van der Waals surface area contributed by atoms with E-state index in [1.165, 1.54) is 0 Å². The van der Waals surface area contributed by atoms with Crippen molar-refractivity contribution in [2.24, 2.45) is 0 Å². The summed E-state index contributed by atoms with van der Waals surface area (Å²) in [7, 11) is 1.00. The summed E-state index contributed by atoms with van der Waals surface area (Å²) in [5.41, 5.74) is 0. The molecule has 0 radical (unpaired) electrons. The van der Waals surface area contributed by atoms with Crippen LogP contribution in [-0.2, 0) is 0 Å². The van der Waals surface area contributed by atoms with E-state index in [9.17, 15) is 65.9 Å². The van der Waals surface area contributed by atoms with Crippen LogP contribution >= 0.6 is 0 Å². The van der Waals surface area contributed by atoms with E-state index in [0.29, 0.717) is 0 Å². The van der Waals surface area contributed by atoms with Gasteiger partial charge in [0.15, 0.2) is 0 Å². The molecular formula is C31H79F15O. The van der Waals surface area contributed by atoms with Crippen LogP contribution in [0.2, 0.25) is 0 Å². The SMILES string of the molecule is CC.CC.CC.CC.CC.CC.CC.CC.CC.CC.CC(F)(F)F.CC(F)(F)F.CC(F)(F)F.CC(F)(F)F.CC(F)(F)F.CO. The molecule has 1 nitrogen and oxygen atoms in total. The molecule has 0 heterocycles. The van der Waals surface area contributed by atoms with E-state index in [1.807, 2.05) is 138 Å². The van der Waals surface area contributed by atoms with Crippen molar-refractivity contribution in [1.29, 1.82) is 0 Å². The normalized spacial score (nSPS) is 7.79. The number of alkyl halides is 15. The molecule has 0 spiro atoms. The summed E-state index contributed by atoms with van der Waals surface area (Å²) in [4.78, 5) is 0. The average molecular weight is 753 g/mol. The van der Waals surface area contributed by atoms with Crippen LogP contribution in [0, 0.1) is 0 Å². The summed E-state index contributed by atoms with van der Waals surface area (Å²) in [5.74, 6) is 0. The van der Waals surface area contributed by atoms with Gasteiger partial charge in [-0.3, -0.25) is 0 Å². The first-order valence-corrected chi connectivity index (χ1v) is 15.8.